The zero-order valence-corrected chi connectivity index (χ0v) is 8.80. The van der Waals surface area contributed by atoms with Crippen LogP contribution in [0.15, 0.2) is 30.3 Å². The number of nitrogens with zero attached hydrogens (tertiary/aromatic N) is 1. The summed E-state index contributed by atoms with van der Waals surface area (Å²) in [5.74, 6) is 3.48. The molecule has 1 amide bonds. The molecule has 0 aliphatic carbocycles. The van der Waals surface area contributed by atoms with Crippen LogP contribution in [-0.4, -0.2) is 35.5 Å². The Hall–Kier alpha value is -2.28. The van der Waals surface area contributed by atoms with Gasteiger partial charge in [0.15, 0.2) is 0 Å². The van der Waals surface area contributed by atoms with Gasteiger partial charge in [-0.25, -0.2) is 0 Å². The molecule has 0 saturated carbocycles. The lowest BCUT2D eigenvalue weighted by molar-refractivity contribution is -0.141. The van der Waals surface area contributed by atoms with Crippen molar-refractivity contribution < 1.29 is 14.7 Å². The summed E-state index contributed by atoms with van der Waals surface area (Å²) in [6.45, 7) is -0.345. The molecule has 1 N–H and O–H groups in total. The lowest BCUT2D eigenvalue weighted by atomic mass is 10.2. The Balaban J connectivity index is 2.65. The second-order valence-electron chi connectivity index (χ2n) is 3.17. The molecular weight excluding hydrogens is 206 g/mol. The van der Waals surface area contributed by atoms with Crippen LogP contribution in [-0.2, 0) is 9.59 Å². The van der Waals surface area contributed by atoms with Crippen LogP contribution in [0.4, 0.5) is 0 Å². The van der Waals surface area contributed by atoms with Gasteiger partial charge in [-0.2, -0.15) is 0 Å². The van der Waals surface area contributed by atoms with Crippen molar-refractivity contribution in [3.8, 4) is 11.8 Å². The molecule has 4 heteroatoms. The van der Waals surface area contributed by atoms with Gasteiger partial charge >= 0.3 is 5.97 Å². The van der Waals surface area contributed by atoms with Crippen LogP contribution in [0.5, 0.6) is 0 Å². The van der Waals surface area contributed by atoms with E-state index < -0.39 is 11.9 Å². The maximum absolute atomic E-state index is 11.3. The Morgan fingerprint density at radius 3 is 2.50 bits per heavy atom. The van der Waals surface area contributed by atoms with Crippen molar-refractivity contribution in [1.82, 2.24) is 4.90 Å². The van der Waals surface area contributed by atoms with Crippen LogP contribution in [0.3, 0.4) is 0 Å². The van der Waals surface area contributed by atoms with Gasteiger partial charge in [0.25, 0.3) is 5.91 Å². The van der Waals surface area contributed by atoms with E-state index in [9.17, 15) is 9.59 Å². The standard InChI is InChI=1S/C12H11NO3/c1-13(9-12(15)16)11(14)8-7-10-5-3-2-4-6-10/h2-6H,9H2,1H3,(H,15,16). The molecule has 0 atom stereocenters. The largest absolute Gasteiger partial charge is 0.480 e. The predicted octanol–water partition coefficient (Wildman–Crippen LogP) is 0.581. The van der Waals surface area contributed by atoms with Crippen molar-refractivity contribution >= 4 is 11.9 Å². The second kappa shape index (κ2) is 5.56. The molecule has 1 aromatic rings. The first-order valence-electron chi connectivity index (χ1n) is 4.63. The summed E-state index contributed by atoms with van der Waals surface area (Å²) < 4.78 is 0. The van der Waals surface area contributed by atoms with Gasteiger partial charge in [0.1, 0.15) is 6.54 Å². The minimum absolute atomic E-state index is 0.345. The molecule has 1 aromatic carbocycles. The van der Waals surface area contributed by atoms with Gasteiger partial charge in [-0.1, -0.05) is 24.1 Å². The van der Waals surface area contributed by atoms with E-state index in [0.29, 0.717) is 0 Å². The summed E-state index contributed by atoms with van der Waals surface area (Å²) in [5, 5.41) is 8.48. The molecule has 0 spiro atoms. The number of hydrogen-bond donors (Lipinski definition) is 1. The van der Waals surface area contributed by atoms with E-state index in [1.54, 1.807) is 12.1 Å². The van der Waals surface area contributed by atoms with Gasteiger partial charge in [-0.15, -0.1) is 0 Å². The summed E-state index contributed by atoms with van der Waals surface area (Å²) >= 11 is 0. The highest BCUT2D eigenvalue weighted by Gasteiger charge is 2.08. The number of hydrogen-bond acceptors (Lipinski definition) is 2. The Kier molecular flexibility index (Phi) is 4.10. The first-order chi connectivity index (χ1) is 7.59. The summed E-state index contributed by atoms with van der Waals surface area (Å²) in [5.41, 5.74) is 0.722. The molecule has 0 aliphatic heterocycles. The average Bonchev–Trinajstić information content (AvgIpc) is 2.26. The van der Waals surface area contributed by atoms with Crippen LogP contribution in [0, 0.1) is 11.8 Å². The SMILES string of the molecule is CN(CC(=O)O)C(=O)C#Cc1ccccc1. The summed E-state index contributed by atoms with van der Waals surface area (Å²) in [6.07, 6.45) is 0. The zero-order valence-electron chi connectivity index (χ0n) is 8.80. The van der Waals surface area contributed by atoms with E-state index in [2.05, 4.69) is 11.8 Å². The number of rotatable bonds is 2. The van der Waals surface area contributed by atoms with Gasteiger partial charge in [-0.05, 0) is 12.1 Å². The highest BCUT2D eigenvalue weighted by molar-refractivity contribution is 5.95. The number of carbonyl (C=O) groups excluding carboxylic acids is 1. The number of benzene rings is 1. The third-order valence-corrected chi connectivity index (χ3v) is 1.81. The topological polar surface area (TPSA) is 57.6 Å². The quantitative estimate of drug-likeness (QED) is 0.737. The van der Waals surface area contributed by atoms with Crippen LogP contribution in [0.2, 0.25) is 0 Å². The molecule has 0 aliphatic rings. The maximum atomic E-state index is 11.3. The number of aliphatic carboxylic acids is 1. The number of carboxylic acids is 1. The van der Waals surface area contributed by atoms with Crippen molar-refractivity contribution in [2.75, 3.05) is 13.6 Å². The van der Waals surface area contributed by atoms with Crippen molar-refractivity contribution in [3.63, 3.8) is 0 Å². The Morgan fingerprint density at radius 2 is 1.94 bits per heavy atom. The summed E-state index contributed by atoms with van der Waals surface area (Å²) in [4.78, 5) is 22.7. The fraction of sp³-hybridized carbons (Fsp3) is 0.167. The average molecular weight is 217 g/mol. The molecule has 0 radical (unpaired) electrons. The third-order valence-electron chi connectivity index (χ3n) is 1.81. The molecule has 0 bridgehead atoms. The molecule has 0 saturated heterocycles. The van der Waals surface area contributed by atoms with Crippen molar-refractivity contribution in [3.05, 3.63) is 35.9 Å². The number of amides is 1. The van der Waals surface area contributed by atoms with Crippen LogP contribution >= 0.6 is 0 Å². The van der Waals surface area contributed by atoms with E-state index in [1.807, 2.05) is 18.2 Å². The summed E-state index contributed by atoms with van der Waals surface area (Å²) in [6, 6.07) is 9.03. The fourth-order valence-corrected chi connectivity index (χ4v) is 1.02. The Labute approximate surface area is 93.5 Å². The molecule has 0 fully saturated rings. The molecule has 4 nitrogen and oxygen atoms in total. The number of carboxylic acid groups (broad SMARTS) is 1. The van der Waals surface area contributed by atoms with E-state index >= 15 is 0 Å². The van der Waals surface area contributed by atoms with Gasteiger partial charge in [0.2, 0.25) is 0 Å². The molecule has 0 aromatic heterocycles. The molecule has 1 rings (SSSR count). The molecule has 82 valence electrons. The Morgan fingerprint density at radius 1 is 1.31 bits per heavy atom. The Bertz CT molecular complexity index is 442. The first kappa shape index (κ1) is 11.8. The fourth-order valence-electron chi connectivity index (χ4n) is 1.02. The minimum Gasteiger partial charge on any atom is -0.480 e. The van der Waals surface area contributed by atoms with Crippen LogP contribution < -0.4 is 0 Å². The van der Waals surface area contributed by atoms with Gasteiger partial charge in [0, 0.05) is 18.5 Å². The maximum Gasteiger partial charge on any atom is 0.323 e. The van der Waals surface area contributed by atoms with E-state index in [-0.39, 0.29) is 6.54 Å². The smallest absolute Gasteiger partial charge is 0.323 e. The third kappa shape index (κ3) is 3.84. The summed E-state index contributed by atoms with van der Waals surface area (Å²) in [7, 11) is 1.40. The van der Waals surface area contributed by atoms with Gasteiger partial charge in [-0.3, -0.25) is 9.59 Å². The van der Waals surface area contributed by atoms with Crippen molar-refractivity contribution in [1.29, 1.82) is 0 Å². The van der Waals surface area contributed by atoms with E-state index in [4.69, 9.17) is 5.11 Å². The highest BCUT2D eigenvalue weighted by Crippen LogP contribution is 1.95. The molecule has 0 unspecified atom stereocenters. The number of likely N-dealkylation sites (N-methyl/N-ethyl adjacent to an activating group) is 1. The molecule has 16 heavy (non-hydrogen) atoms. The number of carbonyl (C=O) groups is 2. The van der Waals surface area contributed by atoms with Crippen LogP contribution in [0.25, 0.3) is 0 Å². The van der Waals surface area contributed by atoms with E-state index in [0.717, 1.165) is 10.5 Å². The van der Waals surface area contributed by atoms with Crippen molar-refractivity contribution in [2.45, 2.75) is 0 Å². The highest BCUT2D eigenvalue weighted by atomic mass is 16.4. The van der Waals surface area contributed by atoms with E-state index in [1.165, 1.54) is 7.05 Å². The molecule has 0 heterocycles. The van der Waals surface area contributed by atoms with Gasteiger partial charge in [0.05, 0.1) is 0 Å². The van der Waals surface area contributed by atoms with Gasteiger partial charge < -0.3 is 10.0 Å². The predicted molar refractivity (Wildman–Crippen MR) is 58.6 cm³/mol. The monoisotopic (exact) mass is 217 g/mol. The second-order valence-corrected chi connectivity index (χ2v) is 3.17. The minimum atomic E-state index is -1.06. The van der Waals surface area contributed by atoms with Crippen molar-refractivity contribution in [2.24, 2.45) is 0 Å². The molecular formula is C12H11NO3. The first-order valence-corrected chi connectivity index (χ1v) is 4.63. The zero-order chi connectivity index (χ0) is 12.0. The lowest BCUT2D eigenvalue weighted by Gasteiger charge is -2.09. The lowest BCUT2D eigenvalue weighted by Crippen LogP contribution is -2.30. The van der Waals surface area contributed by atoms with Crippen LogP contribution in [0.1, 0.15) is 5.56 Å². The normalized spacial score (nSPS) is 8.81.